The summed E-state index contributed by atoms with van der Waals surface area (Å²) < 4.78 is 0. The lowest BCUT2D eigenvalue weighted by Gasteiger charge is -2.06. The fraction of sp³-hybridized carbons (Fsp3) is 0.143. The summed E-state index contributed by atoms with van der Waals surface area (Å²) in [5, 5.41) is 17.4. The van der Waals surface area contributed by atoms with Gasteiger partial charge in [0.25, 0.3) is 0 Å². The zero-order chi connectivity index (χ0) is 13.8. The molecule has 1 aliphatic rings. The standard InChI is InChI=1S/C14H14N6/c1-2-16-14-13(9-17-20-14)19-18-12-5-3-4-10-8-15-7-6-11(10)12/h3-9,18H,2H2,1H3,(H,16,19,20). The lowest BCUT2D eigenvalue weighted by atomic mass is 10.1. The maximum atomic E-state index is 4.35. The first-order chi connectivity index (χ1) is 9.88. The Labute approximate surface area is 116 Å². The summed E-state index contributed by atoms with van der Waals surface area (Å²) >= 11 is 0. The van der Waals surface area contributed by atoms with Crippen LogP contribution in [0, 0.1) is 0 Å². The monoisotopic (exact) mass is 266 g/mol. The van der Waals surface area contributed by atoms with Crippen LogP contribution in [0.25, 0.3) is 10.8 Å². The molecule has 0 atom stereocenters. The molecule has 6 heteroatoms. The summed E-state index contributed by atoms with van der Waals surface area (Å²) in [6, 6.07) is 7.92. The summed E-state index contributed by atoms with van der Waals surface area (Å²) in [7, 11) is 0. The normalized spacial score (nSPS) is 15.7. The molecule has 0 saturated carbocycles. The molecule has 2 aromatic rings. The number of hydrazone groups is 1. The Morgan fingerprint density at radius 3 is 3.10 bits per heavy atom. The van der Waals surface area contributed by atoms with E-state index >= 15 is 0 Å². The van der Waals surface area contributed by atoms with Gasteiger partial charge in [-0.3, -0.25) is 10.4 Å². The highest BCUT2D eigenvalue weighted by Gasteiger charge is 2.11. The van der Waals surface area contributed by atoms with Crippen molar-refractivity contribution in [2.24, 2.45) is 15.3 Å². The lowest BCUT2D eigenvalue weighted by Crippen LogP contribution is -2.30. The molecule has 0 fully saturated rings. The molecule has 2 heterocycles. The summed E-state index contributed by atoms with van der Waals surface area (Å²) in [5.41, 5.74) is 4.68. The molecule has 0 spiro atoms. The van der Waals surface area contributed by atoms with Crippen LogP contribution in [0.4, 0.5) is 5.69 Å². The molecule has 0 unspecified atom stereocenters. The number of pyridine rings is 1. The SMILES string of the molecule is CCNC1=NN=C/C1=N\Nc1cccc2cnccc12. The van der Waals surface area contributed by atoms with Crippen molar-refractivity contribution in [3.05, 3.63) is 36.7 Å². The van der Waals surface area contributed by atoms with E-state index in [-0.39, 0.29) is 0 Å². The molecule has 100 valence electrons. The van der Waals surface area contributed by atoms with Gasteiger partial charge in [-0.05, 0) is 19.1 Å². The second-order valence-corrected chi connectivity index (χ2v) is 4.23. The highest BCUT2D eigenvalue weighted by Crippen LogP contribution is 2.22. The van der Waals surface area contributed by atoms with E-state index in [9.17, 15) is 0 Å². The number of hydrogen-bond donors (Lipinski definition) is 2. The Morgan fingerprint density at radius 2 is 2.20 bits per heavy atom. The Morgan fingerprint density at radius 1 is 1.25 bits per heavy atom. The highest BCUT2D eigenvalue weighted by atomic mass is 15.3. The topological polar surface area (TPSA) is 74.0 Å². The average molecular weight is 266 g/mol. The molecule has 0 bridgehead atoms. The van der Waals surface area contributed by atoms with Gasteiger partial charge < -0.3 is 5.32 Å². The molecular formula is C14H14N6. The molecule has 1 aromatic heterocycles. The largest absolute Gasteiger partial charge is 0.367 e. The van der Waals surface area contributed by atoms with Crippen LogP contribution in [-0.4, -0.2) is 29.3 Å². The summed E-state index contributed by atoms with van der Waals surface area (Å²) in [6.07, 6.45) is 5.22. The van der Waals surface area contributed by atoms with Crippen molar-refractivity contribution in [2.45, 2.75) is 6.92 Å². The molecule has 20 heavy (non-hydrogen) atoms. The number of amidine groups is 1. The summed E-state index contributed by atoms with van der Waals surface area (Å²) in [6.45, 7) is 2.78. The highest BCUT2D eigenvalue weighted by molar-refractivity contribution is 6.63. The number of benzene rings is 1. The number of nitrogens with zero attached hydrogens (tertiary/aromatic N) is 4. The van der Waals surface area contributed by atoms with Gasteiger partial charge in [0.15, 0.2) is 5.84 Å². The van der Waals surface area contributed by atoms with E-state index in [0.29, 0.717) is 11.5 Å². The van der Waals surface area contributed by atoms with Crippen LogP contribution >= 0.6 is 0 Å². The first-order valence-corrected chi connectivity index (χ1v) is 6.40. The first kappa shape index (κ1) is 12.3. The van der Waals surface area contributed by atoms with Gasteiger partial charge in [0.1, 0.15) is 5.71 Å². The maximum Gasteiger partial charge on any atom is 0.178 e. The van der Waals surface area contributed by atoms with Crippen LogP contribution in [-0.2, 0) is 0 Å². The van der Waals surface area contributed by atoms with Gasteiger partial charge in [-0.25, -0.2) is 0 Å². The number of hydrogen-bond acceptors (Lipinski definition) is 6. The molecule has 1 aromatic carbocycles. The van der Waals surface area contributed by atoms with Gasteiger partial charge in [0.2, 0.25) is 0 Å². The van der Waals surface area contributed by atoms with Gasteiger partial charge in [-0.1, -0.05) is 12.1 Å². The predicted molar refractivity (Wildman–Crippen MR) is 82.4 cm³/mol. The van der Waals surface area contributed by atoms with Gasteiger partial charge in [0.05, 0.1) is 11.9 Å². The Kier molecular flexibility index (Phi) is 3.36. The van der Waals surface area contributed by atoms with Crippen molar-refractivity contribution < 1.29 is 0 Å². The molecule has 6 nitrogen and oxygen atoms in total. The van der Waals surface area contributed by atoms with Gasteiger partial charge in [0, 0.05) is 29.7 Å². The second-order valence-electron chi connectivity index (χ2n) is 4.23. The molecule has 0 aliphatic carbocycles. The van der Waals surface area contributed by atoms with Crippen LogP contribution in [0.2, 0.25) is 0 Å². The molecule has 1 aliphatic heterocycles. The molecule has 0 amide bonds. The Balaban J connectivity index is 1.87. The number of nitrogens with one attached hydrogen (secondary N) is 2. The van der Waals surface area contributed by atoms with E-state index in [4.69, 9.17) is 0 Å². The first-order valence-electron chi connectivity index (χ1n) is 6.40. The van der Waals surface area contributed by atoms with E-state index in [1.165, 1.54) is 0 Å². The molecular weight excluding hydrogens is 252 g/mol. The van der Waals surface area contributed by atoms with E-state index in [1.807, 2.05) is 37.4 Å². The Bertz CT molecular complexity index is 711. The van der Waals surface area contributed by atoms with Crippen molar-refractivity contribution in [1.29, 1.82) is 0 Å². The Hall–Kier alpha value is -2.76. The van der Waals surface area contributed by atoms with Crippen LogP contribution in [0.15, 0.2) is 52.0 Å². The van der Waals surface area contributed by atoms with E-state index in [0.717, 1.165) is 23.0 Å². The minimum atomic E-state index is 0.682. The van der Waals surface area contributed by atoms with Crippen molar-refractivity contribution in [1.82, 2.24) is 10.3 Å². The van der Waals surface area contributed by atoms with E-state index in [1.54, 1.807) is 12.4 Å². The van der Waals surface area contributed by atoms with Gasteiger partial charge in [-0.2, -0.15) is 10.2 Å². The third-order valence-electron chi connectivity index (χ3n) is 2.90. The number of fused-ring (bicyclic) bond motifs is 1. The third kappa shape index (κ3) is 2.35. The number of anilines is 1. The van der Waals surface area contributed by atoms with Crippen LogP contribution in [0.5, 0.6) is 0 Å². The fourth-order valence-electron chi connectivity index (χ4n) is 1.97. The summed E-state index contributed by atoms with van der Waals surface area (Å²) in [4.78, 5) is 4.11. The minimum Gasteiger partial charge on any atom is -0.367 e. The second kappa shape index (κ2) is 5.48. The van der Waals surface area contributed by atoms with Gasteiger partial charge >= 0.3 is 0 Å². The number of rotatable bonds is 3. The third-order valence-corrected chi connectivity index (χ3v) is 2.90. The fourth-order valence-corrected chi connectivity index (χ4v) is 1.97. The molecule has 0 radical (unpaired) electrons. The quantitative estimate of drug-likeness (QED) is 0.834. The van der Waals surface area contributed by atoms with Crippen molar-refractivity contribution in [3.8, 4) is 0 Å². The molecule has 3 rings (SSSR count). The van der Waals surface area contributed by atoms with E-state index < -0.39 is 0 Å². The number of aromatic nitrogens is 1. The van der Waals surface area contributed by atoms with Crippen LogP contribution in [0.3, 0.4) is 0 Å². The summed E-state index contributed by atoms with van der Waals surface area (Å²) in [5.74, 6) is 0.682. The van der Waals surface area contributed by atoms with E-state index in [2.05, 4.69) is 31.0 Å². The van der Waals surface area contributed by atoms with Crippen LogP contribution < -0.4 is 10.7 Å². The molecule has 2 N–H and O–H groups in total. The average Bonchev–Trinajstić information content (AvgIpc) is 2.93. The maximum absolute atomic E-state index is 4.35. The minimum absolute atomic E-state index is 0.682. The zero-order valence-corrected chi connectivity index (χ0v) is 11.0. The van der Waals surface area contributed by atoms with Crippen molar-refractivity contribution in [3.63, 3.8) is 0 Å². The lowest BCUT2D eigenvalue weighted by molar-refractivity contribution is 0.969. The predicted octanol–water partition coefficient (Wildman–Crippen LogP) is 2.01. The molecule has 0 saturated heterocycles. The smallest absolute Gasteiger partial charge is 0.178 e. The van der Waals surface area contributed by atoms with Crippen molar-refractivity contribution in [2.75, 3.05) is 12.0 Å². The zero-order valence-electron chi connectivity index (χ0n) is 11.0. The van der Waals surface area contributed by atoms with Crippen molar-refractivity contribution >= 4 is 34.2 Å². The van der Waals surface area contributed by atoms with Crippen LogP contribution in [0.1, 0.15) is 6.92 Å². The van der Waals surface area contributed by atoms with Gasteiger partial charge in [-0.15, -0.1) is 5.10 Å².